The monoisotopic (exact) mass is 167 g/mol. The van der Waals surface area contributed by atoms with Crippen molar-refractivity contribution in [3.63, 3.8) is 0 Å². The molecule has 0 spiro atoms. The van der Waals surface area contributed by atoms with Gasteiger partial charge in [-0.25, -0.2) is 0 Å². The third kappa shape index (κ3) is 6.47. The first-order valence-electron chi connectivity index (χ1n) is 3.37. The molecule has 0 saturated carbocycles. The van der Waals surface area contributed by atoms with Crippen molar-refractivity contribution in [2.24, 2.45) is 0 Å². The highest BCUT2D eigenvalue weighted by atomic mass is 35.5. The molecule has 0 saturated heterocycles. The van der Waals surface area contributed by atoms with Crippen molar-refractivity contribution in [3.05, 3.63) is 5.88 Å². The van der Waals surface area contributed by atoms with E-state index in [2.05, 4.69) is 6.92 Å². The predicted molar refractivity (Wildman–Crippen MR) is 43.9 cm³/mol. The van der Waals surface area contributed by atoms with E-state index in [0.29, 0.717) is 0 Å². The molecular formula is C7H13Cl2. The molecule has 0 aliphatic rings. The van der Waals surface area contributed by atoms with E-state index in [9.17, 15) is 0 Å². The highest BCUT2D eigenvalue weighted by molar-refractivity contribution is 6.25. The van der Waals surface area contributed by atoms with Crippen LogP contribution in [-0.4, -0.2) is 5.38 Å². The van der Waals surface area contributed by atoms with Crippen molar-refractivity contribution in [2.45, 2.75) is 38.0 Å². The summed E-state index contributed by atoms with van der Waals surface area (Å²) in [6.45, 7) is 2.16. The summed E-state index contributed by atoms with van der Waals surface area (Å²) in [6.07, 6.45) is 4.33. The molecular weight excluding hydrogens is 155 g/mol. The topological polar surface area (TPSA) is 0 Å². The molecule has 2 heteroatoms. The van der Waals surface area contributed by atoms with Crippen molar-refractivity contribution in [3.8, 4) is 0 Å². The zero-order valence-electron chi connectivity index (χ0n) is 5.74. The van der Waals surface area contributed by atoms with E-state index < -0.39 is 0 Å². The minimum absolute atomic E-state index is 0.252. The molecule has 0 aromatic heterocycles. The van der Waals surface area contributed by atoms with Crippen LogP contribution in [0, 0.1) is 5.88 Å². The number of hydrogen-bond acceptors (Lipinski definition) is 0. The Morgan fingerprint density at radius 1 is 1.56 bits per heavy atom. The second-order valence-corrected chi connectivity index (χ2v) is 3.06. The summed E-state index contributed by atoms with van der Waals surface area (Å²) in [5, 5.41) is 0.252. The number of alkyl halides is 1. The van der Waals surface area contributed by atoms with Crippen LogP contribution < -0.4 is 0 Å². The molecule has 0 aromatic carbocycles. The molecule has 0 nitrogen and oxygen atoms in total. The molecule has 0 aromatic rings. The van der Waals surface area contributed by atoms with Crippen LogP contribution in [0.3, 0.4) is 0 Å². The number of hydrogen-bond donors (Lipinski definition) is 0. The fourth-order valence-corrected chi connectivity index (χ4v) is 1.19. The fourth-order valence-electron chi connectivity index (χ4n) is 0.640. The van der Waals surface area contributed by atoms with E-state index in [1.54, 1.807) is 5.88 Å². The van der Waals surface area contributed by atoms with Gasteiger partial charge in [-0.15, -0.1) is 23.2 Å². The quantitative estimate of drug-likeness (QED) is 0.550. The molecule has 1 unspecified atom stereocenters. The fraction of sp³-hybridized carbons (Fsp3) is 0.857. The van der Waals surface area contributed by atoms with Gasteiger partial charge >= 0.3 is 0 Å². The summed E-state index contributed by atoms with van der Waals surface area (Å²) in [6, 6.07) is 0. The Bertz CT molecular complexity index is 54.9. The lowest BCUT2D eigenvalue weighted by molar-refractivity contribution is 0.677. The SMILES string of the molecule is CCCCC(Cl)C[CH]Cl. The summed E-state index contributed by atoms with van der Waals surface area (Å²) in [5.74, 6) is 1.60. The van der Waals surface area contributed by atoms with Gasteiger partial charge in [0.2, 0.25) is 0 Å². The van der Waals surface area contributed by atoms with E-state index in [1.807, 2.05) is 0 Å². The van der Waals surface area contributed by atoms with E-state index >= 15 is 0 Å². The molecule has 0 heterocycles. The Morgan fingerprint density at radius 3 is 2.67 bits per heavy atom. The lowest BCUT2D eigenvalue weighted by Crippen LogP contribution is -1.95. The summed E-state index contributed by atoms with van der Waals surface area (Å²) in [4.78, 5) is 0. The molecule has 0 N–H and O–H groups in total. The van der Waals surface area contributed by atoms with Crippen LogP contribution in [0.1, 0.15) is 32.6 Å². The van der Waals surface area contributed by atoms with Gasteiger partial charge in [-0.2, -0.15) is 0 Å². The first-order valence-corrected chi connectivity index (χ1v) is 4.24. The highest BCUT2D eigenvalue weighted by Crippen LogP contribution is 2.13. The second kappa shape index (κ2) is 6.70. The molecule has 0 fully saturated rings. The number of halogens is 2. The number of rotatable bonds is 5. The highest BCUT2D eigenvalue weighted by Gasteiger charge is 2.01. The molecule has 0 amide bonds. The third-order valence-electron chi connectivity index (χ3n) is 1.22. The van der Waals surface area contributed by atoms with Gasteiger partial charge in [-0.3, -0.25) is 0 Å². The maximum absolute atomic E-state index is 5.84. The van der Waals surface area contributed by atoms with Crippen LogP contribution in [0.15, 0.2) is 0 Å². The lowest BCUT2D eigenvalue weighted by Gasteiger charge is -2.03. The Hall–Kier alpha value is 0.580. The third-order valence-corrected chi connectivity index (χ3v) is 1.79. The average molecular weight is 168 g/mol. The van der Waals surface area contributed by atoms with Crippen LogP contribution in [0.4, 0.5) is 0 Å². The van der Waals surface area contributed by atoms with E-state index in [4.69, 9.17) is 23.2 Å². The van der Waals surface area contributed by atoms with E-state index in [-0.39, 0.29) is 5.38 Å². The van der Waals surface area contributed by atoms with Gasteiger partial charge in [0, 0.05) is 5.38 Å². The van der Waals surface area contributed by atoms with Crippen molar-refractivity contribution >= 4 is 23.2 Å². The smallest absolute Gasteiger partial charge is 0.0514 e. The average Bonchev–Trinajstić information content (AvgIpc) is 1.85. The first kappa shape index (κ1) is 9.58. The van der Waals surface area contributed by atoms with Crippen molar-refractivity contribution < 1.29 is 0 Å². The normalized spacial score (nSPS) is 13.7. The summed E-state index contributed by atoms with van der Waals surface area (Å²) < 4.78 is 0. The van der Waals surface area contributed by atoms with Crippen molar-refractivity contribution in [2.75, 3.05) is 0 Å². The molecule has 9 heavy (non-hydrogen) atoms. The number of unbranched alkanes of at least 4 members (excludes halogenated alkanes) is 1. The van der Waals surface area contributed by atoms with Crippen LogP contribution in [0.5, 0.6) is 0 Å². The van der Waals surface area contributed by atoms with E-state index in [1.165, 1.54) is 12.8 Å². The molecule has 55 valence electrons. The van der Waals surface area contributed by atoms with Crippen LogP contribution in [0.25, 0.3) is 0 Å². The van der Waals surface area contributed by atoms with Crippen molar-refractivity contribution in [1.29, 1.82) is 0 Å². The zero-order valence-corrected chi connectivity index (χ0v) is 7.25. The molecule has 0 aliphatic carbocycles. The Morgan fingerprint density at radius 2 is 2.22 bits per heavy atom. The summed E-state index contributed by atoms with van der Waals surface area (Å²) in [5.41, 5.74) is 0. The summed E-state index contributed by atoms with van der Waals surface area (Å²) >= 11 is 11.2. The van der Waals surface area contributed by atoms with Crippen LogP contribution in [0.2, 0.25) is 0 Å². The zero-order chi connectivity index (χ0) is 7.11. The van der Waals surface area contributed by atoms with Gasteiger partial charge in [0.25, 0.3) is 0 Å². The molecule has 1 atom stereocenters. The van der Waals surface area contributed by atoms with Crippen LogP contribution >= 0.6 is 23.2 Å². The predicted octanol–water partition coefficient (Wildman–Crippen LogP) is 3.57. The first-order chi connectivity index (χ1) is 4.31. The molecule has 0 bridgehead atoms. The lowest BCUT2D eigenvalue weighted by atomic mass is 10.2. The largest absolute Gasteiger partial charge is 0.123 e. The molecule has 0 aliphatic heterocycles. The van der Waals surface area contributed by atoms with Gasteiger partial charge in [0.15, 0.2) is 0 Å². The van der Waals surface area contributed by atoms with Crippen LogP contribution in [-0.2, 0) is 0 Å². The Balaban J connectivity index is 2.95. The van der Waals surface area contributed by atoms with Crippen molar-refractivity contribution in [1.82, 2.24) is 0 Å². The second-order valence-electron chi connectivity index (χ2n) is 2.13. The van der Waals surface area contributed by atoms with Gasteiger partial charge in [-0.05, 0) is 12.8 Å². The standard InChI is InChI=1S/C7H13Cl2/c1-2-3-4-7(9)5-6-8/h6-7H,2-5H2,1H3. The molecule has 0 rings (SSSR count). The maximum Gasteiger partial charge on any atom is 0.0514 e. The minimum atomic E-state index is 0.252. The Kier molecular flexibility index (Phi) is 7.13. The van der Waals surface area contributed by atoms with Gasteiger partial charge in [-0.1, -0.05) is 19.8 Å². The van der Waals surface area contributed by atoms with Gasteiger partial charge in [0.1, 0.15) is 0 Å². The van der Waals surface area contributed by atoms with Gasteiger partial charge in [0.05, 0.1) is 5.88 Å². The maximum atomic E-state index is 5.84. The van der Waals surface area contributed by atoms with Gasteiger partial charge < -0.3 is 0 Å². The summed E-state index contributed by atoms with van der Waals surface area (Å²) in [7, 11) is 0. The Labute approximate surface area is 67.5 Å². The minimum Gasteiger partial charge on any atom is -0.123 e. The molecule has 1 radical (unpaired) electrons. The van der Waals surface area contributed by atoms with E-state index in [0.717, 1.165) is 12.8 Å².